The highest BCUT2D eigenvalue weighted by atomic mass is 16.6. The number of nitro benzene ring substituents is 1. The summed E-state index contributed by atoms with van der Waals surface area (Å²) in [7, 11) is 1.49. The monoisotopic (exact) mass is 406 g/mol. The highest BCUT2D eigenvalue weighted by Gasteiger charge is 2.41. The molecule has 0 amide bonds. The zero-order chi connectivity index (χ0) is 21.7. The number of fused-ring (bicyclic) bond motifs is 2. The van der Waals surface area contributed by atoms with Crippen molar-refractivity contribution in [3.05, 3.63) is 74.8 Å². The predicted octanol–water partition coefficient (Wildman–Crippen LogP) is 3.04. The number of nitrogens with two attached hydrogens (primary N) is 1. The van der Waals surface area contributed by atoms with Crippen molar-refractivity contribution < 1.29 is 29.5 Å². The Hall–Kier alpha value is -4.40. The van der Waals surface area contributed by atoms with Crippen molar-refractivity contribution in [3.63, 3.8) is 0 Å². The molecule has 0 radical (unpaired) electrons. The molecule has 4 N–H and O–H groups in total. The first kappa shape index (κ1) is 18.9. The van der Waals surface area contributed by atoms with Gasteiger partial charge in [-0.3, -0.25) is 19.7 Å². The Labute approximate surface area is 169 Å². The van der Waals surface area contributed by atoms with Crippen LogP contribution in [0.3, 0.4) is 0 Å². The summed E-state index contributed by atoms with van der Waals surface area (Å²) in [5, 5.41) is 32.4. The number of hydrogen-bond acceptors (Lipinski definition) is 8. The number of ketones is 2. The first-order valence-electron chi connectivity index (χ1n) is 8.65. The number of nitrogen functional groups attached to an aromatic ring is 1. The number of aromatic hydroxyl groups is 2. The molecule has 3 aromatic rings. The van der Waals surface area contributed by atoms with Gasteiger partial charge in [-0.15, -0.1) is 0 Å². The molecule has 0 heterocycles. The third kappa shape index (κ3) is 2.56. The van der Waals surface area contributed by atoms with E-state index >= 15 is 0 Å². The fourth-order valence-corrected chi connectivity index (χ4v) is 3.59. The number of methoxy groups -OCH3 is 1. The van der Waals surface area contributed by atoms with Crippen molar-refractivity contribution >= 4 is 22.9 Å². The van der Waals surface area contributed by atoms with Gasteiger partial charge < -0.3 is 20.7 Å². The number of nitrogens with zero attached hydrogens (tertiary/aromatic N) is 1. The Balaban J connectivity index is 2.01. The average molecular weight is 406 g/mol. The molecule has 0 bridgehead atoms. The summed E-state index contributed by atoms with van der Waals surface area (Å²) in [6, 6.07) is 9.74. The van der Waals surface area contributed by atoms with Gasteiger partial charge in [0.2, 0.25) is 11.6 Å². The Morgan fingerprint density at radius 2 is 1.57 bits per heavy atom. The maximum atomic E-state index is 13.2. The molecule has 0 saturated heterocycles. The average Bonchev–Trinajstić information content (AvgIpc) is 2.73. The van der Waals surface area contributed by atoms with Crippen molar-refractivity contribution in [2.24, 2.45) is 0 Å². The summed E-state index contributed by atoms with van der Waals surface area (Å²) in [6.45, 7) is 0. The summed E-state index contributed by atoms with van der Waals surface area (Å²) in [5.74, 6) is -2.41. The maximum Gasteiger partial charge on any atom is 0.281 e. The lowest BCUT2D eigenvalue weighted by atomic mass is 9.80. The molecule has 4 rings (SSSR count). The van der Waals surface area contributed by atoms with Crippen LogP contribution in [0.1, 0.15) is 31.8 Å². The second kappa shape index (κ2) is 6.59. The quantitative estimate of drug-likeness (QED) is 0.203. The Kier molecular flexibility index (Phi) is 4.16. The van der Waals surface area contributed by atoms with Crippen LogP contribution in [-0.2, 0) is 0 Å². The minimum absolute atomic E-state index is 0.108. The number of benzene rings is 3. The topological polar surface area (TPSA) is 153 Å². The van der Waals surface area contributed by atoms with Gasteiger partial charge in [-0.05, 0) is 29.8 Å². The predicted molar refractivity (Wildman–Crippen MR) is 106 cm³/mol. The van der Waals surface area contributed by atoms with Gasteiger partial charge in [-0.2, -0.15) is 0 Å². The SMILES string of the molecule is COc1ccc(-c2cc(N)c3c(c2O)C(=O)c2c([N+](=O)[O-])ccc(O)c2C3=O)cc1. The van der Waals surface area contributed by atoms with Crippen LogP contribution in [0.2, 0.25) is 0 Å². The van der Waals surface area contributed by atoms with Crippen molar-refractivity contribution in [2.75, 3.05) is 12.8 Å². The Bertz CT molecular complexity index is 1260. The standard InChI is InChI=1S/C21H14N2O7/c1-30-10-4-2-9(3-5-10)11-8-12(22)15-18(19(11)25)21(27)16-13(23(28)29)6-7-14(24)17(16)20(15)26/h2-8,24-25H,22H2,1H3. The van der Waals surface area contributed by atoms with E-state index in [9.17, 15) is 29.9 Å². The van der Waals surface area contributed by atoms with Crippen LogP contribution in [0.25, 0.3) is 11.1 Å². The van der Waals surface area contributed by atoms with Gasteiger partial charge in [0.05, 0.1) is 28.7 Å². The third-order valence-electron chi connectivity index (χ3n) is 5.00. The number of ether oxygens (including phenoxy) is 1. The fourth-order valence-electron chi connectivity index (χ4n) is 3.59. The molecule has 0 saturated carbocycles. The zero-order valence-corrected chi connectivity index (χ0v) is 15.5. The summed E-state index contributed by atoms with van der Waals surface area (Å²) >= 11 is 0. The number of nitro groups is 1. The molecule has 0 aromatic heterocycles. The number of rotatable bonds is 3. The molecule has 150 valence electrons. The van der Waals surface area contributed by atoms with Gasteiger partial charge in [0.15, 0.2) is 0 Å². The molecule has 0 aliphatic heterocycles. The molecule has 0 fully saturated rings. The number of phenols is 2. The zero-order valence-electron chi connectivity index (χ0n) is 15.5. The summed E-state index contributed by atoms with van der Waals surface area (Å²) < 4.78 is 5.09. The van der Waals surface area contributed by atoms with E-state index < -0.39 is 50.4 Å². The van der Waals surface area contributed by atoms with E-state index in [2.05, 4.69) is 0 Å². The van der Waals surface area contributed by atoms with E-state index in [-0.39, 0.29) is 16.8 Å². The third-order valence-corrected chi connectivity index (χ3v) is 5.00. The molecule has 3 aromatic carbocycles. The highest BCUT2D eigenvalue weighted by Crippen LogP contribution is 2.46. The van der Waals surface area contributed by atoms with E-state index in [1.54, 1.807) is 24.3 Å². The summed E-state index contributed by atoms with van der Waals surface area (Å²) in [4.78, 5) is 36.8. The maximum absolute atomic E-state index is 13.2. The Morgan fingerprint density at radius 1 is 0.933 bits per heavy atom. The molecular formula is C21H14N2O7. The van der Waals surface area contributed by atoms with Crippen molar-refractivity contribution in [1.29, 1.82) is 0 Å². The molecule has 30 heavy (non-hydrogen) atoms. The first-order valence-corrected chi connectivity index (χ1v) is 8.65. The smallest absolute Gasteiger partial charge is 0.281 e. The van der Waals surface area contributed by atoms with Gasteiger partial charge in [0.25, 0.3) is 5.69 Å². The fraction of sp³-hybridized carbons (Fsp3) is 0.0476. The molecule has 0 atom stereocenters. The van der Waals surface area contributed by atoms with Crippen molar-refractivity contribution in [1.82, 2.24) is 0 Å². The number of hydrogen-bond donors (Lipinski definition) is 3. The number of phenolic OH excluding ortho intramolecular Hbond substituents is 2. The molecular weight excluding hydrogens is 392 g/mol. The van der Waals surface area contributed by atoms with E-state index in [4.69, 9.17) is 10.5 Å². The molecule has 9 heteroatoms. The van der Waals surface area contributed by atoms with Crippen LogP contribution in [0.15, 0.2) is 42.5 Å². The van der Waals surface area contributed by atoms with Crippen LogP contribution < -0.4 is 10.5 Å². The van der Waals surface area contributed by atoms with E-state index in [1.165, 1.54) is 13.2 Å². The van der Waals surface area contributed by atoms with Gasteiger partial charge in [0, 0.05) is 17.3 Å². The largest absolute Gasteiger partial charge is 0.507 e. The second-order valence-corrected chi connectivity index (χ2v) is 6.61. The van der Waals surface area contributed by atoms with Gasteiger partial charge >= 0.3 is 0 Å². The number of anilines is 1. The van der Waals surface area contributed by atoms with Crippen LogP contribution in [0, 0.1) is 10.1 Å². The minimum atomic E-state index is -0.971. The van der Waals surface area contributed by atoms with E-state index in [1.807, 2.05) is 0 Å². The van der Waals surface area contributed by atoms with Crippen LogP contribution in [0.5, 0.6) is 17.2 Å². The van der Waals surface area contributed by atoms with Crippen LogP contribution >= 0.6 is 0 Å². The van der Waals surface area contributed by atoms with Gasteiger partial charge in [-0.1, -0.05) is 12.1 Å². The summed E-state index contributed by atoms with van der Waals surface area (Å²) in [6.07, 6.45) is 0. The van der Waals surface area contributed by atoms with Crippen molar-refractivity contribution in [2.45, 2.75) is 0 Å². The van der Waals surface area contributed by atoms with E-state index in [0.29, 0.717) is 11.3 Å². The summed E-state index contributed by atoms with van der Waals surface area (Å²) in [5.41, 5.74) is 4.09. The lowest BCUT2D eigenvalue weighted by Crippen LogP contribution is -2.24. The normalized spacial score (nSPS) is 12.3. The number of carbonyl (C=O) groups excluding carboxylic acids is 2. The molecule has 0 unspecified atom stereocenters. The van der Waals surface area contributed by atoms with Gasteiger partial charge in [0.1, 0.15) is 22.8 Å². The van der Waals surface area contributed by atoms with Crippen molar-refractivity contribution in [3.8, 4) is 28.4 Å². The lowest BCUT2D eigenvalue weighted by molar-refractivity contribution is -0.385. The molecule has 1 aliphatic carbocycles. The van der Waals surface area contributed by atoms with Crippen LogP contribution in [-0.4, -0.2) is 33.8 Å². The highest BCUT2D eigenvalue weighted by molar-refractivity contribution is 6.33. The number of carbonyl (C=O) groups is 2. The van der Waals surface area contributed by atoms with E-state index in [0.717, 1.165) is 12.1 Å². The Morgan fingerprint density at radius 3 is 2.17 bits per heavy atom. The lowest BCUT2D eigenvalue weighted by Gasteiger charge is -2.22. The van der Waals surface area contributed by atoms with Gasteiger partial charge in [-0.25, -0.2) is 0 Å². The molecule has 1 aliphatic rings. The first-order chi connectivity index (χ1) is 14.3. The van der Waals surface area contributed by atoms with Crippen LogP contribution in [0.4, 0.5) is 11.4 Å². The second-order valence-electron chi connectivity index (χ2n) is 6.61. The molecule has 0 spiro atoms. The minimum Gasteiger partial charge on any atom is -0.507 e. The molecule has 9 nitrogen and oxygen atoms in total.